The molecule has 5 saturated carbocycles. The molecule has 34 heavy (non-hydrogen) atoms. The maximum atomic E-state index is 11.8. The van der Waals surface area contributed by atoms with Crippen molar-refractivity contribution in [1.29, 1.82) is 0 Å². The highest BCUT2D eigenvalue weighted by atomic mass is 16.5. The minimum absolute atomic E-state index is 0.0892. The summed E-state index contributed by atoms with van der Waals surface area (Å²) in [5, 5.41) is 0. The van der Waals surface area contributed by atoms with Gasteiger partial charge in [0, 0.05) is 12.3 Å². The van der Waals surface area contributed by atoms with Crippen LogP contribution in [-0.4, -0.2) is 12.1 Å². The first kappa shape index (κ1) is 25.1. The summed E-state index contributed by atoms with van der Waals surface area (Å²) in [6, 6.07) is 0. The van der Waals surface area contributed by atoms with Crippen LogP contribution in [0.5, 0.6) is 0 Å². The Morgan fingerprint density at radius 1 is 0.824 bits per heavy atom. The Balaban J connectivity index is 1.37. The molecule has 9 atom stereocenters. The molecule has 0 N–H and O–H groups in total. The molecule has 0 saturated heterocycles. The third-order valence-corrected chi connectivity index (χ3v) is 13.5. The summed E-state index contributed by atoms with van der Waals surface area (Å²) in [4.78, 5) is 11.8. The zero-order chi connectivity index (χ0) is 24.7. The molecule has 0 aromatic heterocycles. The first-order valence-corrected chi connectivity index (χ1v) is 15.0. The molecule has 5 fully saturated rings. The van der Waals surface area contributed by atoms with Gasteiger partial charge in [-0.3, -0.25) is 4.79 Å². The third-order valence-electron chi connectivity index (χ3n) is 13.5. The van der Waals surface area contributed by atoms with E-state index in [4.69, 9.17) is 4.74 Å². The predicted molar refractivity (Wildman–Crippen MR) is 140 cm³/mol. The van der Waals surface area contributed by atoms with Crippen LogP contribution >= 0.6 is 0 Å². The summed E-state index contributed by atoms with van der Waals surface area (Å²) < 4.78 is 5.91. The number of hydrogen-bond acceptors (Lipinski definition) is 2. The quantitative estimate of drug-likeness (QED) is 0.362. The first-order chi connectivity index (χ1) is 15.8. The maximum Gasteiger partial charge on any atom is 0.302 e. The van der Waals surface area contributed by atoms with Crippen molar-refractivity contribution in [1.82, 2.24) is 0 Å². The van der Waals surface area contributed by atoms with Crippen LogP contribution in [0.4, 0.5) is 0 Å². The third kappa shape index (κ3) is 3.21. The molecule has 2 spiro atoms. The lowest BCUT2D eigenvalue weighted by atomic mass is 9.41. The highest BCUT2D eigenvalue weighted by Gasteiger charge is 2.82. The molecule has 2 heteroatoms. The molecule has 0 bridgehead atoms. The Labute approximate surface area is 210 Å². The average Bonchev–Trinajstić information content (AvgIpc) is 3.32. The van der Waals surface area contributed by atoms with Gasteiger partial charge in [-0.2, -0.15) is 0 Å². The Hall–Kier alpha value is -0.530. The molecule has 194 valence electrons. The molecule has 0 aromatic rings. The molecule has 0 aromatic carbocycles. The Morgan fingerprint density at radius 2 is 1.50 bits per heavy atom. The molecule has 5 rings (SSSR count). The number of hydrogen-bond donors (Lipinski definition) is 0. The van der Waals surface area contributed by atoms with E-state index in [1.54, 1.807) is 6.92 Å². The second-order valence-corrected chi connectivity index (χ2v) is 15.4. The van der Waals surface area contributed by atoms with Crippen LogP contribution in [-0.2, 0) is 9.53 Å². The van der Waals surface area contributed by atoms with Crippen LogP contribution in [0.2, 0.25) is 0 Å². The van der Waals surface area contributed by atoms with Gasteiger partial charge in [0.25, 0.3) is 0 Å². The Bertz CT molecular complexity index is 814. The molecular formula is C32H54O2. The van der Waals surface area contributed by atoms with Gasteiger partial charge < -0.3 is 4.74 Å². The van der Waals surface area contributed by atoms with E-state index in [0.717, 1.165) is 36.0 Å². The van der Waals surface area contributed by atoms with Gasteiger partial charge >= 0.3 is 5.97 Å². The van der Waals surface area contributed by atoms with Crippen LogP contribution in [0, 0.1) is 56.7 Å². The van der Waals surface area contributed by atoms with E-state index in [1.165, 1.54) is 70.6 Å². The van der Waals surface area contributed by atoms with Crippen molar-refractivity contribution in [3.8, 4) is 0 Å². The highest BCUT2D eigenvalue weighted by Crippen LogP contribution is 2.89. The van der Waals surface area contributed by atoms with E-state index in [-0.39, 0.29) is 17.5 Å². The Morgan fingerprint density at radius 3 is 2.18 bits per heavy atom. The monoisotopic (exact) mass is 470 g/mol. The van der Waals surface area contributed by atoms with E-state index in [9.17, 15) is 4.79 Å². The fraction of sp³-hybridized carbons (Fsp3) is 0.969. The molecule has 5 aliphatic carbocycles. The lowest BCUT2D eigenvalue weighted by Gasteiger charge is -2.63. The summed E-state index contributed by atoms with van der Waals surface area (Å²) in [5.41, 5.74) is 2.30. The van der Waals surface area contributed by atoms with Gasteiger partial charge in [-0.25, -0.2) is 0 Å². The first-order valence-electron chi connectivity index (χ1n) is 15.0. The minimum atomic E-state index is -0.0892. The number of rotatable bonds is 6. The van der Waals surface area contributed by atoms with Gasteiger partial charge in [0.15, 0.2) is 0 Å². The van der Waals surface area contributed by atoms with E-state index in [0.29, 0.717) is 21.7 Å². The van der Waals surface area contributed by atoms with Crippen LogP contribution < -0.4 is 0 Å². The summed E-state index contributed by atoms with van der Waals surface area (Å²) in [6.45, 7) is 19.3. The van der Waals surface area contributed by atoms with Crippen molar-refractivity contribution in [2.75, 3.05) is 0 Å². The van der Waals surface area contributed by atoms with Crippen molar-refractivity contribution < 1.29 is 9.53 Å². The molecular weight excluding hydrogens is 416 g/mol. The zero-order valence-corrected chi connectivity index (χ0v) is 23.8. The normalized spacial score (nSPS) is 49.4. The summed E-state index contributed by atoms with van der Waals surface area (Å²) in [7, 11) is 0. The van der Waals surface area contributed by atoms with Crippen molar-refractivity contribution in [2.45, 2.75) is 139 Å². The SMILES string of the molecule is CC(=O)OC1CCC23CC24CCC2(C)C(C(C)CCCC(C)C)CCC2(C)C4CCC3C1(C)C. The van der Waals surface area contributed by atoms with Crippen LogP contribution in [0.15, 0.2) is 0 Å². The molecule has 0 radical (unpaired) electrons. The number of ether oxygens (including phenoxy) is 1. The second kappa shape index (κ2) is 7.98. The van der Waals surface area contributed by atoms with Crippen molar-refractivity contribution >= 4 is 5.97 Å². The molecule has 0 heterocycles. The molecule has 0 aliphatic heterocycles. The number of fused-ring (bicyclic) bond motifs is 2. The fourth-order valence-electron chi connectivity index (χ4n) is 11.7. The minimum Gasteiger partial charge on any atom is -0.462 e. The fourth-order valence-corrected chi connectivity index (χ4v) is 11.7. The highest BCUT2D eigenvalue weighted by molar-refractivity contribution is 5.66. The lowest BCUT2D eigenvalue weighted by Crippen LogP contribution is -2.58. The van der Waals surface area contributed by atoms with E-state index in [1.807, 2.05) is 0 Å². The van der Waals surface area contributed by atoms with Gasteiger partial charge in [0.05, 0.1) is 0 Å². The molecule has 2 nitrogen and oxygen atoms in total. The van der Waals surface area contributed by atoms with Gasteiger partial charge in [0.2, 0.25) is 0 Å². The second-order valence-electron chi connectivity index (χ2n) is 15.4. The largest absolute Gasteiger partial charge is 0.462 e. The molecule has 0 amide bonds. The van der Waals surface area contributed by atoms with Crippen LogP contribution in [0.25, 0.3) is 0 Å². The maximum absolute atomic E-state index is 11.8. The topological polar surface area (TPSA) is 26.3 Å². The zero-order valence-electron chi connectivity index (χ0n) is 23.8. The van der Waals surface area contributed by atoms with Crippen molar-refractivity contribution in [3.63, 3.8) is 0 Å². The van der Waals surface area contributed by atoms with Gasteiger partial charge in [-0.05, 0) is 109 Å². The summed E-state index contributed by atoms with van der Waals surface area (Å²) >= 11 is 0. The standard InChI is InChI=1S/C32H54O2/c1-21(2)10-9-11-22(3)24-14-16-30(8)26-13-12-25-28(5,6)27(34-23(4)33)15-17-31(25)20-32(26,31)19-18-29(24,30)7/h21-22,24-27H,9-20H2,1-8H3. The lowest BCUT2D eigenvalue weighted by molar-refractivity contribution is -0.181. The molecule has 9 unspecified atom stereocenters. The smallest absolute Gasteiger partial charge is 0.302 e. The average molecular weight is 471 g/mol. The van der Waals surface area contributed by atoms with Gasteiger partial charge in [-0.15, -0.1) is 0 Å². The van der Waals surface area contributed by atoms with Crippen molar-refractivity contribution in [2.24, 2.45) is 56.7 Å². The number of carbonyl (C=O) groups excluding carboxylic acids is 1. The van der Waals surface area contributed by atoms with Gasteiger partial charge in [-0.1, -0.05) is 67.7 Å². The summed E-state index contributed by atoms with van der Waals surface area (Å²) in [6.07, 6.45) is 16.9. The van der Waals surface area contributed by atoms with Crippen LogP contribution in [0.1, 0.15) is 132 Å². The Kier molecular flexibility index (Phi) is 5.90. The number of carbonyl (C=O) groups is 1. The predicted octanol–water partition coefficient (Wildman–Crippen LogP) is 8.82. The van der Waals surface area contributed by atoms with Crippen LogP contribution in [0.3, 0.4) is 0 Å². The molecule has 5 aliphatic rings. The summed E-state index contributed by atoms with van der Waals surface area (Å²) in [5.74, 6) is 4.20. The van der Waals surface area contributed by atoms with Gasteiger partial charge in [0.1, 0.15) is 6.10 Å². The van der Waals surface area contributed by atoms with Crippen molar-refractivity contribution in [3.05, 3.63) is 0 Å². The van der Waals surface area contributed by atoms with E-state index in [2.05, 4.69) is 48.5 Å². The van der Waals surface area contributed by atoms with E-state index < -0.39 is 0 Å². The number of esters is 1. The van der Waals surface area contributed by atoms with E-state index >= 15 is 0 Å².